The van der Waals surface area contributed by atoms with Crippen LogP contribution in [0.3, 0.4) is 0 Å². The first-order valence-corrected chi connectivity index (χ1v) is 8.44. The van der Waals surface area contributed by atoms with Gasteiger partial charge in [0.25, 0.3) is 0 Å². The van der Waals surface area contributed by atoms with Crippen LogP contribution in [0.15, 0.2) is 41.9 Å². The molecule has 1 aromatic heterocycles. The predicted molar refractivity (Wildman–Crippen MR) is 95.9 cm³/mol. The van der Waals surface area contributed by atoms with Gasteiger partial charge < -0.3 is 5.32 Å². The molecule has 1 fully saturated rings. The van der Waals surface area contributed by atoms with Crippen LogP contribution in [0.1, 0.15) is 48.0 Å². The van der Waals surface area contributed by atoms with Crippen LogP contribution in [0.25, 0.3) is 10.1 Å². The van der Waals surface area contributed by atoms with Gasteiger partial charge in [0.1, 0.15) is 5.54 Å². The second-order valence-electron chi connectivity index (χ2n) is 4.63. The van der Waals surface area contributed by atoms with Gasteiger partial charge in [-0.25, -0.2) is 0 Å². The zero-order valence-electron chi connectivity index (χ0n) is 13.6. The molecule has 2 nitrogen and oxygen atoms in total. The van der Waals surface area contributed by atoms with E-state index < -0.39 is 5.54 Å². The first-order valence-electron chi connectivity index (χ1n) is 7.56. The quantitative estimate of drug-likeness (QED) is 0.754. The number of ketones is 1. The lowest BCUT2D eigenvalue weighted by Crippen LogP contribution is -2.38. The van der Waals surface area contributed by atoms with Gasteiger partial charge in [0.05, 0.1) is 0 Å². The molecule has 1 aromatic carbocycles. The van der Waals surface area contributed by atoms with Crippen LogP contribution in [0.4, 0.5) is 0 Å². The van der Waals surface area contributed by atoms with Crippen LogP contribution in [0.2, 0.25) is 0 Å². The molecule has 1 atom stereocenters. The van der Waals surface area contributed by atoms with Gasteiger partial charge in [-0.05, 0) is 41.5 Å². The van der Waals surface area contributed by atoms with Crippen molar-refractivity contribution in [3.05, 3.63) is 47.5 Å². The molecule has 0 amide bonds. The monoisotopic (exact) mass is 305 g/mol. The number of nitrogens with one attached hydrogen (secondary N) is 1. The lowest BCUT2D eigenvalue weighted by atomic mass is 9.89. The molecule has 0 radical (unpaired) electrons. The summed E-state index contributed by atoms with van der Waals surface area (Å²) >= 11 is 1.72. The van der Waals surface area contributed by atoms with Gasteiger partial charge in [0.2, 0.25) is 0 Å². The second kappa shape index (κ2) is 7.41. The fraction of sp³-hybridized carbons (Fsp3) is 0.389. The van der Waals surface area contributed by atoms with Crippen molar-refractivity contribution in [2.24, 2.45) is 0 Å². The van der Waals surface area contributed by atoms with Crippen molar-refractivity contribution >= 4 is 27.2 Å². The van der Waals surface area contributed by atoms with Gasteiger partial charge >= 0.3 is 0 Å². The number of fused-ring (bicyclic) bond motifs is 1. The van der Waals surface area contributed by atoms with Gasteiger partial charge in [-0.15, -0.1) is 11.3 Å². The molecule has 1 aliphatic heterocycles. The highest BCUT2D eigenvalue weighted by atomic mass is 32.1. The van der Waals surface area contributed by atoms with Crippen LogP contribution < -0.4 is 5.32 Å². The van der Waals surface area contributed by atoms with Crippen LogP contribution in [0, 0.1) is 0 Å². The van der Waals surface area contributed by atoms with E-state index >= 15 is 0 Å². The maximum Gasteiger partial charge on any atom is 0.168 e. The number of rotatable bonds is 1. The highest BCUT2D eigenvalue weighted by Crippen LogP contribution is 2.33. The molecule has 1 saturated heterocycles. The summed E-state index contributed by atoms with van der Waals surface area (Å²) in [6.07, 6.45) is 0.429. The fourth-order valence-corrected chi connectivity index (χ4v) is 3.12. The zero-order valence-corrected chi connectivity index (χ0v) is 14.4. The summed E-state index contributed by atoms with van der Waals surface area (Å²) in [6, 6.07) is 8.29. The molecule has 1 N–H and O–H groups in total. The molecule has 0 saturated carbocycles. The number of hydrogen-bond acceptors (Lipinski definition) is 3. The van der Waals surface area contributed by atoms with Gasteiger partial charge in [-0.3, -0.25) is 4.79 Å². The first-order chi connectivity index (χ1) is 10.1. The van der Waals surface area contributed by atoms with Crippen LogP contribution in [-0.2, 0) is 10.3 Å². The molecular weight excluding hydrogens is 278 g/mol. The summed E-state index contributed by atoms with van der Waals surface area (Å²) in [7, 11) is 0. The molecule has 3 heteroatoms. The van der Waals surface area contributed by atoms with E-state index in [0.29, 0.717) is 6.42 Å². The maximum absolute atomic E-state index is 12.1. The lowest BCUT2D eigenvalue weighted by molar-refractivity contribution is -0.122. The number of Topliss-reactive ketones (excluding diaryl/α,β-unsaturated/α-hetero) is 1. The SMILES string of the molecule is C=C1CC(=O)C(C)(c2ccc3sccc3c2)N1.CC.CC.[HH]. The van der Waals surface area contributed by atoms with Crippen molar-refractivity contribution < 1.29 is 6.22 Å². The van der Waals surface area contributed by atoms with E-state index in [-0.39, 0.29) is 7.21 Å². The molecule has 0 spiro atoms. The van der Waals surface area contributed by atoms with Crippen LogP contribution >= 0.6 is 11.3 Å². The topological polar surface area (TPSA) is 29.1 Å². The lowest BCUT2D eigenvalue weighted by Gasteiger charge is -2.24. The van der Waals surface area contributed by atoms with Crippen LogP contribution in [0.5, 0.6) is 0 Å². The Labute approximate surface area is 133 Å². The Morgan fingerprint density at radius 1 is 1.24 bits per heavy atom. The maximum atomic E-state index is 12.1. The van der Waals surface area contributed by atoms with Gasteiger partial charge in [0, 0.05) is 18.2 Å². The molecular formula is C18H27NOS. The van der Waals surface area contributed by atoms with E-state index in [1.54, 1.807) is 11.3 Å². The average molecular weight is 305 g/mol. The minimum Gasteiger partial charge on any atom is -0.373 e. The van der Waals surface area contributed by atoms with E-state index in [4.69, 9.17) is 0 Å². The van der Waals surface area contributed by atoms with Gasteiger partial charge in [-0.2, -0.15) is 0 Å². The van der Waals surface area contributed by atoms with E-state index in [1.165, 1.54) is 10.1 Å². The minimum atomic E-state index is -0.604. The summed E-state index contributed by atoms with van der Waals surface area (Å²) in [5.74, 6) is 0.192. The Hall–Kier alpha value is -1.61. The van der Waals surface area contributed by atoms with E-state index in [2.05, 4.69) is 35.5 Å². The van der Waals surface area contributed by atoms with Crippen LogP contribution in [-0.4, -0.2) is 5.78 Å². The number of thiophene rings is 1. The van der Waals surface area contributed by atoms with Crippen molar-refractivity contribution in [2.75, 3.05) is 0 Å². The third kappa shape index (κ3) is 3.35. The Morgan fingerprint density at radius 3 is 2.48 bits per heavy atom. The number of carbonyl (C=O) groups is 1. The molecule has 1 unspecified atom stereocenters. The van der Waals surface area contributed by atoms with Crippen molar-refractivity contribution in [2.45, 2.75) is 46.6 Å². The highest BCUT2D eigenvalue weighted by Gasteiger charge is 2.40. The van der Waals surface area contributed by atoms with E-state index in [0.717, 1.165) is 11.3 Å². The third-order valence-electron chi connectivity index (χ3n) is 3.39. The van der Waals surface area contributed by atoms with Crippen molar-refractivity contribution in [1.29, 1.82) is 0 Å². The Kier molecular flexibility index (Phi) is 6.16. The molecule has 0 aliphatic carbocycles. The largest absolute Gasteiger partial charge is 0.373 e. The molecule has 2 heterocycles. The predicted octanol–water partition coefficient (Wildman–Crippen LogP) is 5.49. The van der Waals surface area contributed by atoms with Crippen molar-refractivity contribution in [3.63, 3.8) is 0 Å². The van der Waals surface area contributed by atoms with Crippen molar-refractivity contribution in [1.82, 2.24) is 5.32 Å². The zero-order chi connectivity index (χ0) is 16.0. The summed E-state index contributed by atoms with van der Waals surface area (Å²) < 4.78 is 1.25. The second-order valence-corrected chi connectivity index (χ2v) is 5.57. The Morgan fingerprint density at radius 2 is 1.90 bits per heavy atom. The molecule has 116 valence electrons. The van der Waals surface area contributed by atoms with Gasteiger partial charge in [0.15, 0.2) is 5.78 Å². The average Bonchev–Trinajstić information content (AvgIpc) is 3.07. The van der Waals surface area contributed by atoms with E-state index in [9.17, 15) is 4.79 Å². The number of hydrogen-bond donors (Lipinski definition) is 1. The summed E-state index contributed by atoms with van der Waals surface area (Å²) in [5, 5.41) is 6.48. The smallest absolute Gasteiger partial charge is 0.168 e. The minimum absolute atomic E-state index is 0. The highest BCUT2D eigenvalue weighted by molar-refractivity contribution is 7.17. The van der Waals surface area contributed by atoms with Crippen molar-refractivity contribution in [3.8, 4) is 0 Å². The number of allylic oxidation sites excluding steroid dienone is 1. The normalized spacial score (nSPS) is 20.2. The van der Waals surface area contributed by atoms with Gasteiger partial charge in [-0.1, -0.05) is 40.3 Å². The Bertz CT molecular complexity index is 635. The molecule has 21 heavy (non-hydrogen) atoms. The van der Waals surface area contributed by atoms with E-state index in [1.807, 2.05) is 40.7 Å². The number of carbonyl (C=O) groups excluding carboxylic acids is 1. The molecule has 2 aromatic rings. The molecule has 1 aliphatic rings. The summed E-state index contributed by atoms with van der Waals surface area (Å²) in [6.45, 7) is 13.8. The summed E-state index contributed by atoms with van der Waals surface area (Å²) in [4.78, 5) is 12.1. The number of benzene rings is 1. The summed E-state index contributed by atoms with van der Waals surface area (Å²) in [5.41, 5.74) is 1.22. The standard InChI is InChI=1S/C14H13NOS.2C2H6.H2/c1-9-7-13(16)14(2,15-9)11-3-4-12-10(8-11)5-6-17-12;2*1-2;/h3-6,8,15H,1,7H2,2H3;2*1-2H3;1H. The Balaban J connectivity index is 0.000000819. The molecule has 0 bridgehead atoms. The first kappa shape index (κ1) is 17.4. The molecule has 3 rings (SSSR count). The fourth-order valence-electron chi connectivity index (χ4n) is 2.35. The third-order valence-corrected chi connectivity index (χ3v) is 4.29.